The second kappa shape index (κ2) is 1.91. The van der Waals surface area contributed by atoms with Gasteiger partial charge in [-0.05, 0) is 6.07 Å². The Morgan fingerprint density at radius 3 is 3.10 bits per heavy atom. The van der Waals surface area contributed by atoms with Crippen LogP contribution < -0.4 is 5.21 Å². The Balaban J connectivity index is 2.95. The number of halogens is 1. The first kappa shape index (κ1) is 5.61. The van der Waals surface area contributed by atoms with Gasteiger partial charge in [0.2, 0.25) is 0 Å². The number of hydrogen-bond donors (Lipinski definition) is 0. The Kier molecular flexibility index (Phi) is 1.07. The van der Waals surface area contributed by atoms with Crippen molar-refractivity contribution in [1.29, 1.82) is 0 Å². The summed E-state index contributed by atoms with van der Waals surface area (Å²) in [6.07, 6.45) is 1.57. The van der Waals surface area contributed by atoms with Gasteiger partial charge < -0.3 is 15.4 Å². The van der Waals surface area contributed by atoms with Gasteiger partial charge in [-0.3, -0.25) is 0 Å². The molecule has 50 valence electrons. The molecule has 0 saturated carbocycles. The third-order valence-electron chi connectivity index (χ3n) is 1.16. The highest BCUT2D eigenvalue weighted by atomic mass is 35.5. The van der Waals surface area contributed by atoms with Crippen LogP contribution in [0.25, 0.3) is 11.0 Å². The molecule has 0 aromatic carbocycles. The minimum Gasteiger partial charge on any atom is -0.492 e. The van der Waals surface area contributed by atoms with Crippen molar-refractivity contribution in [2.45, 2.75) is 0 Å². The second-order valence-electron chi connectivity index (χ2n) is 1.76. The molecule has 2 rings (SSSR count). The lowest BCUT2D eigenvalue weighted by Crippen LogP contribution is -1.75. The van der Waals surface area contributed by atoms with Gasteiger partial charge in [0.05, 0.1) is 5.52 Å². The lowest BCUT2D eigenvalue weighted by Gasteiger charge is -1.88. The Labute approximate surface area is 61.2 Å². The lowest BCUT2D eigenvalue weighted by atomic mass is 10.4. The van der Waals surface area contributed by atoms with E-state index in [2.05, 4.69) is 20.4 Å². The van der Waals surface area contributed by atoms with Crippen molar-refractivity contribution < 1.29 is 0 Å². The number of aromatic nitrogens is 4. The molecule has 0 aliphatic rings. The fraction of sp³-hybridized carbons (Fsp3) is 0. The molecule has 0 aliphatic heterocycles. The van der Waals surface area contributed by atoms with Crippen LogP contribution in [0.3, 0.4) is 0 Å². The Morgan fingerprint density at radius 2 is 2.30 bits per heavy atom. The topological polar surface area (TPSA) is 52.8 Å². The number of nitrogens with zero attached hydrogens (tertiary/aromatic N) is 4. The quantitative estimate of drug-likeness (QED) is 0.521. The van der Waals surface area contributed by atoms with E-state index >= 15 is 0 Å². The van der Waals surface area contributed by atoms with Gasteiger partial charge in [0, 0.05) is 6.20 Å². The van der Waals surface area contributed by atoms with Gasteiger partial charge >= 0.3 is 0 Å². The predicted octanol–water partition coefficient (Wildman–Crippen LogP) is 0.635. The van der Waals surface area contributed by atoms with E-state index in [1.165, 1.54) is 0 Å². The highest BCUT2D eigenvalue weighted by Gasteiger charge is 1.96. The molecule has 0 unspecified atom stereocenters. The maximum Gasteiger partial charge on any atom is 0.155 e. The summed E-state index contributed by atoms with van der Waals surface area (Å²) < 4.78 is 0. The van der Waals surface area contributed by atoms with Crippen LogP contribution in [-0.4, -0.2) is 15.2 Å². The van der Waals surface area contributed by atoms with Crippen molar-refractivity contribution in [2.75, 3.05) is 0 Å². The summed E-state index contributed by atoms with van der Waals surface area (Å²) in [6, 6.07) is 1.71. The highest BCUT2D eigenvalue weighted by Crippen LogP contribution is 2.14. The number of rotatable bonds is 0. The fourth-order valence-electron chi connectivity index (χ4n) is 0.708. The molecular weight excluding hydrogens is 152 g/mol. The first-order valence-electron chi connectivity index (χ1n) is 2.64. The van der Waals surface area contributed by atoms with Crippen LogP contribution >= 0.6 is 11.6 Å². The van der Waals surface area contributed by atoms with E-state index in [-0.39, 0.29) is 0 Å². The predicted molar refractivity (Wildman–Crippen MR) is 35.7 cm³/mol. The lowest BCUT2D eigenvalue weighted by molar-refractivity contribution is 0.928. The molecule has 0 N–H and O–H groups in total. The average molecular weight is 154 g/mol. The van der Waals surface area contributed by atoms with Crippen molar-refractivity contribution >= 4 is 22.6 Å². The normalized spacial score (nSPS) is 10.5. The Morgan fingerprint density at radius 1 is 1.40 bits per heavy atom. The summed E-state index contributed by atoms with van der Waals surface area (Å²) in [4.78, 5) is 3.80. The van der Waals surface area contributed by atoms with Crippen LogP contribution in [0.15, 0.2) is 12.3 Å². The van der Waals surface area contributed by atoms with Crippen LogP contribution in [0.2, 0.25) is 5.15 Å². The summed E-state index contributed by atoms with van der Waals surface area (Å²) >= 11 is 5.64. The van der Waals surface area contributed by atoms with Gasteiger partial charge in [0.15, 0.2) is 5.15 Å². The first-order chi connectivity index (χ1) is 4.88. The average Bonchev–Trinajstić information content (AvgIpc) is 2.36. The van der Waals surface area contributed by atoms with Gasteiger partial charge in [0.25, 0.3) is 0 Å². The summed E-state index contributed by atoms with van der Waals surface area (Å²) in [5.74, 6) is 0. The Bertz CT molecular complexity index is 355. The highest BCUT2D eigenvalue weighted by molar-refractivity contribution is 6.33. The summed E-state index contributed by atoms with van der Waals surface area (Å²) in [7, 11) is 0. The van der Waals surface area contributed by atoms with Crippen molar-refractivity contribution in [1.82, 2.24) is 20.4 Å². The van der Waals surface area contributed by atoms with E-state index in [0.717, 1.165) is 0 Å². The molecule has 2 aromatic heterocycles. The molecule has 5 heteroatoms. The molecular formula is C5H2ClN4-. The van der Waals surface area contributed by atoms with Crippen LogP contribution in [0.5, 0.6) is 0 Å². The molecule has 0 fully saturated rings. The smallest absolute Gasteiger partial charge is 0.155 e. The third-order valence-corrected chi connectivity index (χ3v) is 1.43. The molecule has 0 atom stereocenters. The zero-order valence-corrected chi connectivity index (χ0v) is 5.58. The minimum absolute atomic E-state index is 0.350. The molecule has 0 spiro atoms. The van der Waals surface area contributed by atoms with Crippen LogP contribution in [-0.2, 0) is 0 Å². The van der Waals surface area contributed by atoms with Crippen molar-refractivity contribution in [2.24, 2.45) is 0 Å². The molecule has 2 aromatic rings. The summed E-state index contributed by atoms with van der Waals surface area (Å²) in [5, 5.41) is 11.1. The molecule has 0 saturated heterocycles. The van der Waals surface area contributed by atoms with Crippen LogP contribution in [0.1, 0.15) is 0 Å². The third kappa shape index (κ3) is 0.657. The van der Waals surface area contributed by atoms with Gasteiger partial charge in [0.1, 0.15) is 5.52 Å². The van der Waals surface area contributed by atoms with Crippen LogP contribution in [0.4, 0.5) is 0 Å². The van der Waals surface area contributed by atoms with Crippen LogP contribution in [0, 0.1) is 0 Å². The van der Waals surface area contributed by atoms with Gasteiger partial charge in [-0.15, -0.1) is 0 Å². The van der Waals surface area contributed by atoms with E-state index in [1.807, 2.05) is 0 Å². The Hall–Kier alpha value is -1.16. The fourth-order valence-corrected chi connectivity index (χ4v) is 0.898. The van der Waals surface area contributed by atoms with E-state index in [0.29, 0.717) is 16.2 Å². The monoisotopic (exact) mass is 153 g/mol. The number of hydrogen-bond acceptors (Lipinski definition) is 3. The summed E-state index contributed by atoms with van der Waals surface area (Å²) in [5.41, 5.74) is 1.24. The molecule has 4 nitrogen and oxygen atoms in total. The van der Waals surface area contributed by atoms with E-state index < -0.39 is 0 Å². The largest absolute Gasteiger partial charge is 0.492 e. The number of fused-ring (bicyclic) bond motifs is 1. The van der Waals surface area contributed by atoms with Gasteiger partial charge in [-0.1, -0.05) is 11.6 Å². The molecule has 0 amide bonds. The molecule has 0 bridgehead atoms. The second-order valence-corrected chi connectivity index (χ2v) is 2.12. The van der Waals surface area contributed by atoms with Gasteiger partial charge in [-0.25, -0.2) is 4.98 Å². The van der Waals surface area contributed by atoms with Crippen molar-refractivity contribution in [3.05, 3.63) is 17.4 Å². The maximum atomic E-state index is 5.64. The zero-order chi connectivity index (χ0) is 6.97. The van der Waals surface area contributed by atoms with E-state index in [1.54, 1.807) is 12.3 Å². The molecule has 0 aliphatic carbocycles. The molecule has 2 heterocycles. The maximum absolute atomic E-state index is 5.64. The van der Waals surface area contributed by atoms with Crippen molar-refractivity contribution in [3.8, 4) is 0 Å². The van der Waals surface area contributed by atoms with Crippen molar-refractivity contribution in [3.63, 3.8) is 0 Å². The number of pyridine rings is 1. The van der Waals surface area contributed by atoms with Gasteiger partial charge in [-0.2, -0.15) is 0 Å². The summed E-state index contributed by atoms with van der Waals surface area (Å²) in [6.45, 7) is 0. The molecule has 0 radical (unpaired) electrons. The standard InChI is InChI=1S/C5H2ClN4/c6-5-4-3(1-2-7-5)8-10-9-4/h1-2H/q-1. The minimum atomic E-state index is 0.350. The van der Waals surface area contributed by atoms with E-state index in [4.69, 9.17) is 11.6 Å². The SMILES string of the molecule is Clc1nccc2n[n-]nc12. The zero-order valence-electron chi connectivity index (χ0n) is 4.82. The van der Waals surface area contributed by atoms with E-state index in [9.17, 15) is 0 Å². The molecule has 10 heavy (non-hydrogen) atoms. The first-order valence-corrected chi connectivity index (χ1v) is 3.02.